The lowest BCUT2D eigenvalue weighted by Gasteiger charge is -2.28. The molecular formula is C15H28NO4S2+. The van der Waals surface area contributed by atoms with Gasteiger partial charge in [-0.25, -0.2) is 0 Å². The number of ether oxygens (including phenoxy) is 1. The summed E-state index contributed by atoms with van der Waals surface area (Å²) in [6, 6.07) is 0. The van der Waals surface area contributed by atoms with Crippen molar-refractivity contribution in [1.82, 2.24) is 0 Å². The Hall–Kier alpha value is -0.400. The van der Waals surface area contributed by atoms with Gasteiger partial charge >= 0.3 is 11.9 Å². The van der Waals surface area contributed by atoms with Crippen LogP contribution in [0.25, 0.3) is 0 Å². The molecule has 0 radical (unpaired) electrons. The van der Waals surface area contributed by atoms with Crippen LogP contribution in [0.5, 0.6) is 0 Å². The van der Waals surface area contributed by atoms with Crippen LogP contribution >= 0.6 is 21.6 Å². The van der Waals surface area contributed by atoms with E-state index in [1.54, 1.807) is 0 Å². The molecule has 1 aliphatic heterocycles. The fourth-order valence-electron chi connectivity index (χ4n) is 2.40. The van der Waals surface area contributed by atoms with Crippen molar-refractivity contribution in [1.29, 1.82) is 0 Å². The predicted molar refractivity (Wildman–Crippen MR) is 92.0 cm³/mol. The van der Waals surface area contributed by atoms with E-state index in [2.05, 4.69) is 0 Å². The van der Waals surface area contributed by atoms with E-state index in [-0.39, 0.29) is 12.4 Å². The summed E-state index contributed by atoms with van der Waals surface area (Å²) in [7, 11) is 9.77. The third kappa shape index (κ3) is 9.58. The minimum atomic E-state index is -0.929. The maximum Gasteiger partial charge on any atom is 0.307 e. The van der Waals surface area contributed by atoms with Crippen molar-refractivity contribution in [2.24, 2.45) is 0 Å². The molecule has 1 saturated heterocycles. The zero-order valence-corrected chi connectivity index (χ0v) is 15.4. The standard InChI is InChI=1S/C15H27NO4S2/c1-16(2,3)11-12(10-14(17)18)20-15(19)7-5-4-6-13-8-9-21-22-13/h12-13H,4-11H2,1-3H3/p+1. The van der Waals surface area contributed by atoms with Crippen LogP contribution in [0.1, 0.15) is 38.5 Å². The van der Waals surface area contributed by atoms with E-state index in [1.165, 1.54) is 12.2 Å². The third-order valence-corrected chi connectivity index (χ3v) is 6.34. The molecule has 5 nitrogen and oxygen atoms in total. The molecule has 1 rings (SSSR count). The molecule has 2 unspecified atom stereocenters. The smallest absolute Gasteiger partial charge is 0.307 e. The quantitative estimate of drug-likeness (QED) is 0.283. The van der Waals surface area contributed by atoms with Crippen LogP contribution in [0.4, 0.5) is 0 Å². The Kier molecular flexibility index (Phi) is 8.64. The first-order valence-corrected chi connectivity index (χ1v) is 10.1. The highest BCUT2D eigenvalue weighted by atomic mass is 33.1. The SMILES string of the molecule is C[N+](C)(C)CC(CC(=O)O)OC(=O)CCCCC1CCSS1. The van der Waals surface area contributed by atoms with Crippen molar-refractivity contribution in [3.8, 4) is 0 Å². The molecule has 1 fully saturated rings. The minimum Gasteiger partial charge on any atom is -0.481 e. The van der Waals surface area contributed by atoms with Crippen LogP contribution in [0.3, 0.4) is 0 Å². The van der Waals surface area contributed by atoms with Crippen LogP contribution in [0.2, 0.25) is 0 Å². The van der Waals surface area contributed by atoms with Gasteiger partial charge in [-0.15, -0.1) is 0 Å². The van der Waals surface area contributed by atoms with Gasteiger partial charge in [0.05, 0.1) is 27.6 Å². The lowest BCUT2D eigenvalue weighted by molar-refractivity contribution is -0.873. The monoisotopic (exact) mass is 350 g/mol. The lowest BCUT2D eigenvalue weighted by atomic mass is 10.1. The van der Waals surface area contributed by atoms with E-state index in [9.17, 15) is 9.59 Å². The highest BCUT2D eigenvalue weighted by molar-refractivity contribution is 8.77. The second kappa shape index (κ2) is 9.67. The second-order valence-electron chi connectivity index (χ2n) is 6.76. The molecule has 1 N–H and O–H groups in total. The van der Waals surface area contributed by atoms with Gasteiger partial charge in [0.25, 0.3) is 0 Å². The van der Waals surface area contributed by atoms with Crippen LogP contribution in [-0.4, -0.2) is 66.3 Å². The number of nitrogens with zero attached hydrogens (tertiary/aromatic N) is 1. The number of aliphatic carboxylic acids is 1. The van der Waals surface area contributed by atoms with Gasteiger partial charge in [0.2, 0.25) is 0 Å². The van der Waals surface area contributed by atoms with Crippen LogP contribution in [0.15, 0.2) is 0 Å². The molecule has 0 spiro atoms. The normalized spacial score (nSPS) is 19.9. The summed E-state index contributed by atoms with van der Waals surface area (Å²) in [6.07, 6.45) is 3.99. The van der Waals surface area contributed by atoms with Gasteiger partial charge in [-0.3, -0.25) is 9.59 Å². The summed E-state index contributed by atoms with van der Waals surface area (Å²) in [5, 5.41) is 9.66. The largest absolute Gasteiger partial charge is 0.481 e. The number of hydrogen-bond donors (Lipinski definition) is 1. The summed E-state index contributed by atoms with van der Waals surface area (Å²) in [6.45, 7) is 0.508. The van der Waals surface area contributed by atoms with Crippen molar-refractivity contribution in [2.45, 2.75) is 49.9 Å². The zero-order valence-electron chi connectivity index (χ0n) is 13.7. The second-order valence-corrected chi connectivity index (χ2v) is 9.54. The Bertz CT molecular complexity index is 365. The topological polar surface area (TPSA) is 63.6 Å². The number of quaternary nitrogens is 1. The zero-order chi connectivity index (χ0) is 16.6. The average molecular weight is 351 g/mol. The molecule has 0 aromatic carbocycles. The number of unbranched alkanes of at least 4 members (excludes halogenated alkanes) is 1. The van der Waals surface area contributed by atoms with E-state index in [0.29, 0.717) is 17.4 Å². The Balaban J connectivity index is 2.24. The Morgan fingerprint density at radius 1 is 1.32 bits per heavy atom. The summed E-state index contributed by atoms with van der Waals surface area (Å²) in [5.41, 5.74) is 0. The number of likely N-dealkylation sites (N-methyl/N-ethyl adjacent to an activating group) is 1. The molecule has 0 aromatic heterocycles. The molecule has 0 bridgehead atoms. The molecule has 0 aliphatic carbocycles. The van der Waals surface area contributed by atoms with Gasteiger partial charge in [-0.2, -0.15) is 0 Å². The van der Waals surface area contributed by atoms with Crippen LogP contribution in [-0.2, 0) is 14.3 Å². The van der Waals surface area contributed by atoms with E-state index in [0.717, 1.165) is 24.5 Å². The highest BCUT2D eigenvalue weighted by Gasteiger charge is 2.24. The average Bonchev–Trinajstić information content (AvgIpc) is 2.84. The Morgan fingerprint density at radius 2 is 2.05 bits per heavy atom. The third-order valence-electron chi connectivity index (χ3n) is 3.34. The van der Waals surface area contributed by atoms with Crippen LogP contribution in [0, 0.1) is 0 Å². The van der Waals surface area contributed by atoms with Crippen molar-refractivity contribution < 1.29 is 23.9 Å². The maximum atomic E-state index is 11.9. The van der Waals surface area contributed by atoms with Gasteiger partial charge in [-0.1, -0.05) is 28.0 Å². The molecule has 1 heterocycles. The molecule has 2 atom stereocenters. The molecule has 0 amide bonds. The minimum absolute atomic E-state index is 0.128. The number of carboxylic acids is 1. The first-order chi connectivity index (χ1) is 10.3. The Morgan fingerprint density at radius 3 is 2.59 bits per heavy atom. The molecular weight excluding hydrogens is 322 g/mol. The molecule has 7 heteroatoms. The van der Waals surface area contributed by atoms with Gasteiger partial charge in [-0.05, 0) is 19.3 Å². The summed E-state index contributed by atoms with van der Waals surface area (Å²) in [4.78, 5) is 22.8. The fourth-order valence-corrected chi connectivity index (χ4v) is 5.43. The number of carbonyl (C=O) groups is 2. The number of rotatable bonds is 10. The van der Waals surface area contributed by atoms with Gasteiger partial charge < -0.3 is 14.3 Å². The van der Waals surface area contributed by atoms with E-state index >= 15 is 0 Å². The fraction of sp³-hybridized carbons (Fsp3) is 0.867. The summed E-state index contributed by atoms with van der Waals surface area (Å²) >= 11 is 0. The molecule has 22 heavy (non-hydrogen) atoms. The van der Waals surface area contributed by atoms with E-state index < -0.39 is 12.1 Å². The first kappa shape index (κ1) is 19.6. The van der Waals surface area contributed by atoms with Gasteiger partial charge in [0.15, 0.2) is 6.10 Å². The lowest BCUT2D eigenvalue weighted by Crippen LogP contribution is -2.43. The van der Waals surface area contributed by atoms with Crippen molar-refractivity contribution in [2.75, 3.05) is 33.4 Å². The van der Waals surface area contributed by atoms with Gasteiger partial charge in [0, 0.05) is 17.4 Å². The number of esters is 1. The summed E-state index contributed by atoms with van der Waals surface area (Å²) in [5.74, 6) is 0.0365. The maximum absolute atomic E-state index is 11.9. The molecule has 128 valence electrons. The number of hydrogen-bond acceptors (Lipinski definition) is 5. The Labute approximate surface area is 141 Å². The number of carboxylic acid groups (broad SMARTS) is 1. The van der Waals surface area contributed by atoms with E-state index in [1.807, 2.05) is 42.7 Å². The van der Waals surface area contributed by atoms with E-state index in [4.69, 9.17) is 9.84 Å². The molecule has 0 saturated carbocycles. The predicted octanol–water partition coefficient (Wildman–Crippen LogP) is 2.79. The first-order valence-electron chi connectivity index (χ1n) is 7.76. The highest BCUT2D eigenvalue weighted by Crippen LogP contribution is 2.39. The molecule has 0 aromatic rings. The van der Waals surface area contributed by atoms with Crippen molar-refractivity contribution >= 4 is 33.5 Å². The number of carbonyl (C=O) groups excluding carboxylic acids is 1. The van der Waals surface area contributed by atoms with Gasteiger partial charge in [0.1, 0.15) is 6.54 Å². The van der Waals surface area contributed by atoms with Crippen molar-refractivity contribution in [3.05, 3.63) is 0 Å². The van der Waals surface area contributed by atoms with Crippen LogP contribution < -0.4 is 0 Å². The van der Waals surface area contributed by atoms with Crippen molar-refractivity contribution in [3.63, 3.8) is 0 Å². The molecule has 1 aliphatic rings. The summed E-state index contributed by atoms with van der Waals surface area (Å²) < 4.78 is 5.94.